The van der Waals surface area contributed by atoms with Crippen LogP contribution in [0.3, 0.4) is 0 Å². The first-order chi connectivity index (χ1) is 6.93. The van der Waals surface area contributed by atoms with Gasteiger partial charge in [0, 0.05) is 22.7 Å². The minimum atomic E-state index is 0.189. The molecule has 0 radical (unpaired) electrons. The fourth-order valence-corrected chi connectivity index (χ4v) is 2.53. The second kappa shape index (κ2) is 2.10. The van der Waals surface area contributed by atoms with Crippen LogP contribution in [0.1, 0.15) is 23.3 Å². The number of H-pyrrole nitrogens is 1. The van der Waals surface area contributed by atoms with Crippen molar-refractivity contribution in [3.8, 4) is 0 Å². The largest absolute Gasteiger partial charge is 0.361 e. The van der Waals surface area contributed by atoms with Crippen LogP contribution in [0.4, 0.5) is 0 Å². The smallest absolute Gasteiger partial charge is 0.103 e. The molecule has 1 aromatic carbocycles. The molecule has 0 saturated carbocycles. The van der Waals surface area contributed by atoms with Crippen molar-refractivity contribution in [3.05, 3.63) is 47.7 Å². The molecule has 0 spiro atoms. The number of nitrogens with one attached hydrogen (secondary N) is 1. The SMILES string of the molecule is C1=C[C@H]2O[C@@H]1c1ccc3[nH]ccc3c12. The Bertz CT molecular complexity index is 552. The van der Waals surface area contributed by atoms with Crippen molar-refractivity contribution in [3.63, 3.8) is 0 Å². The van der Waals surface area contributed by atoms with Crippen LogP contribution in [0.25, 0.3) is 10.9 Å². The van der Waals surface area contributed by atoms with E-state index in [4.69, 9.17) is 4.74 Å². The Hall–Kier alpha value is -1.54. The van der Waals surface area contributed by atoms with Gasteiger partial charge in [0.15, 0.2) is 0 Å². The van der Waals surface area contributed by atoms with Crippen LogP contribution in [0.2, 0.25) is 0 Å². The summed E-state index contributed by atoms with van der Waals surface area (Å²) in [5.41, 5.74) is 3.90. The number of aromatic amines is 1. The lowest BCUT2D eigenvalue weighted by Crippen LogP contribution is -1.92. The molecule has 1 N–H and O–H groups in total. The third kappa shape index (κ3) is 0.633. The molecule has 68 valence electrons. The van der Waals surface area contributed by atoms with Crippen molar-refractivity contribution in [1.82, 2.24) is 4.98 Å². The van der Waals surface area contributed by atoms with E-state index in [1.54, 1.807) is 0 Å². The Balaban J connectivity index is 2.18. The summed E-state index contributed by atoms with van der Waals surface area (Å²) in [5, 5.41) is 1.30. The first-order valence-corrected chi connectivity index (χ1v) is 4.87. The Morgan fingerprint density at radius 2 is 2.00 bits per heavy atom. The van der Waals surface area contributed by atoms with E-state index < -0.39 is 0 Å². The maximum Gasteiger partial charge on any atom is 0.103 e. The molecular formula is C12H9NO. The number of ether oxygens (including phenoxy) is 1. The van der Waals surface area contributed by atoms with E-state index in [-0.39, 0.29) is 12.2 Å². The summed E-state index contributed by atoms with van der Waals surface area (Å²) in [6.45, 7) is 0. The molecule has 4 rings (SSSR count). The lowest BCUT2D eigenvalue weighted by atomic mass is 9.94. The van der Waals surface area contributed by atoms with Gasteiger partial charge < -0.3 is 9.72 Å². The zero-order valence-corrected chi connectivity index (χ0v) is 7.53. The summed E-state index contributed by atoms with van der Waals surface area (Å²) in [5.74, 6) is 0. The van der Waals surface area contributed by atoms with Crippen LogP contribution >= 0.6 is 0 Å². The van der Waals surface area contributed by atoms with Crippen molar-refractivity contribution in [2.45, 2.75) is 12.2 Å². The molecule has 0 amide bonds. The second-order valence-corrected chi connectivity index (χ2v) is 3.87. The first-order valence-electron chi connectivity index (χ1n) is 4.87. The Morgan fingerprint density at radius 3 is 3.00 bits per heavy atom. The average molecular weight is 183 g/mol. The lowest BCUT2D eigenvalue weighted by molar-refractivity contribution is 0.0883. The van der Waals surface area contributed by atoms with Gasteiger partial charge in [0.25, 0.3) is 0 Å². The van der Waals surface area contributed by atoms with E-state index >= 15 is 0 Å². The zero-order valence-electron chi connectivity index (χ0n) is 7.53. The molecule has 2 atom stereocenters. The lowest BCUT2D eigenvalue weighted by Gasteiger charge is -2.07. The highest BCUT2D eigenvalue weighted by molar-refractivity contribution is 5.86. The molecule has 0 aliphatic carbocycles. The van der Waals surface area contributed by atoms with Crippen molar-refractivity contribution >= 4 is 10.9 Å². The van der Waals surface area contributed by atoms with E-state index in [9.17, 15) is 0 Å². The van der Waals surface area contributed by atoms with Crippen LogP contribution in [-0.2, 0) is 4.74 Å². The second-order valence-electron chi connectivity index (χ2n) is 3.87. The molecule has 2 aliphatic rings. The predicted molar refractivity (Wildman–Crippen MR) is 54.0 cm³/mol. The van der Waals surface area contributed by atoms with Crippen molar-refractivity contribution in [1.29, 1.82) is 0 Å². The van der Waals surface area contributed by atoms with E-state index in [0.717, 1.165) is 0 Å². The molecule has 0 fully saturated rings. The van der Waals surface area contributed by atoms with Crippen LogP contribution in [0.15, 0.2) is 36.5 Å². The highest BCUT2D eigenvalue weighted by Crippen LogP contribution is 2.48. The van der Waals surface area contributed by atoms with Crippen LogP contribution in [0.5, 0.6) is 0 Å². The summed E-state index contributed by atoms with van der Waals surface area (Å²) in [6, 6.07) is 6.43. The highest BCUT2D eigenvalue weighted by atomic mass is 16.5. The minimum absolute atomic E-state index is 0.189. The minimum Gasteiger partial charge on any atom is -0.361 e. The molecule has 3 heterocycles. The molecule has 1 aromatic heterocycles. The predicted octanol–water partition coefficient (Wildman–Crippen LogP) is 2.85. The highest BCUT2D eigenvalue weighted by Gasteiger charge is 2.34. The van der Waals surface area contributed by atoms with Gasteiger partial charge in [-0.2, -0.15) is 0 Å². The average Bonchev–Trinajstić information content (AvgIpc) is 2.92. The van der Waals surface area contributed by atoms with Gasteiger partial charge in [-0.1, -0.05) is 18.2 Å². The Kier molecular flexibility index (Phi) is 1.02. The molecule has 2 nitrogen and oxygen atoms in total. The maximum atomic E-state index is 5.80. The van der Waals surface area contributed by atoms with Crippen LogP contribution in [-0.4, -0.2) is 4.98 Å². The third-order valence-electron chi connectivity index (χ3n) is 3.15. The van der Waals surface area contributed by atoms with E-state index in [1.807, 2.05) is 6.20 Å². The molecule has 0 saturated heterocycles. The summed E-state index contributed by atoms with van der Waals surface area (Å²) >= 11 is 0. The van der Waals surface area contributed by atoms with E-state index in [1.165, 1.54) is 22.0 Å². The molecule has 2 aromatic rings. The van der Waals surface area contributed by atoms with Crippen molar-refractivity contribution in [2.24, 2.45) is 0 Å². The standard InChI is InChI=1S/C12H9NO/c1-2-9-7(5-6-13-9)12-8(1)10-3-4-11(12)14-10/h1-6,10-11,13H/t10-,11+/m0/s1. The quantitative estimate of drug-likeness (QED) is 0.624. The Morgan fingerprint density at radius 1 is 1.07 bits per heavy atom. The maximum absolute atomic E-state index is 5.80. The monoisotopic (exact) mass is 183 g/mol. The van der Waals surface area contributed by atoms with Gasteiger partial charge in [0.05, 0.1) is 0 Å². The molecule has 14 heavy (non-hydrogen) atoms. The molecule has 0 unspecified atom stereocenters. The van der Waals surface area contributed by atoms with Gasteiger partial charge >= 0.3 is 0 Å². The first kappa shape index (κ1) is 6.85. The third-order valence-corrected chi connectivity index (χ3v) is 3.15. The van der Waals surface area contributed by atoms with Gasteiger partial charge in [0.1, 0.15) is 12.2 Å². The molecule has 2 bridgehead atoms. The number of benzene rings is 1. The van der Waals surface area contributed by atoms with Gasteiger partial charge in [-0.3, -0.25) is 0 Å². The van der Waals surface area contributed by atoms with Gasteiger partial charge in [-0.05, 0) is 17.7 Å². The summed E-state index contributed by atoms with van der Waals surface area (Å²) in [4.78, 5) is 3.23. The molecule has 2 aliphatic heterocycles. The van der Waals surface area contributed by atoms with Gasteiger partial charge in [-0.25, -0.2) is 0 Å². The van der Waals surface area contributed by atoms with Crippen molar-refractivity contribution < 1.29 is 4.74 Å². The zero-order chi connectivity index (χ0) is 9.12. The van der Waals surface area contributed by atoms with Crippen LogP contribution in [0, 0.1) is 0 Å². The van der Waals surface area contributed by atoms with Gasteiger partial charge in [-0.15, -0.1) is 0 Å². The fraction of sp³-hybridized carbons (Fsp3) is 0.167. The fourth-order valence-electron chi connectivity index (χ4n) is 2.53. The molecule has 2 heteroatoms. The summed E-state index contributed by atoms with van der Waals surface area (Å²) in [7, 11) is 0. The number of rotatable bonds is 0. The summed E-state index contributed by atoms with van der Waals surface area (Å²) in [6.07, 6.45) is 6.68. The van der Waals surface area contributed by atoms with Gasteiger partial charge in [0.2, 0.25) is 0 Å². The number of aromatic nitrogens is 1. The topological polar surface area (TPSA) is 25.0 Å². The number of hydrogen-bond donors (Lipinski definition) is 1. The van der Waals surface area contributed by atoms with E-state index in [2.05, 4.69) is 35.3 Å². The normalized spacial score (nSPS) is 27.4. The summed E-state index contributed by atoms with van der Waals surface area (Å²) < 4.78 is 5.80. The van der Waals surface area contributed by atoms with E-state index in [0.29, 0.717) is 0 Å². The Labute approximate surface area is 81.2 Å². The number of fused-ring (bicyclic) bond motifs is 7. The van der Waals surface area contributed by atoms with Crippen LogP contribution < -0.4 is 0 Å². The number of hydrogen-bond acceptors (Lipinski definition) is 1. The molecular weight excluding hydrogens is 174 g/mol. The van der Waals surface area contributed by atoms with Crippen molar-refractivity contribution in [2.75, 3.05) is 0 Å².